The monoisotopic (exact) mass is 254 g/mol. The number of carbonyl (C=O) groups is 2. The number of aldehydes is 1. The quantitative estimate of drug-likeness (QED) is 0.820. The van der Waals surface area contributed by atoms with Crippen LogP contribution >= 0.6 is 0 Å². The lowest BCUT2D eigenvalue weighted by Gasteiger charge is -2.29. The molecule has 1 unspecified atom stereocenters. The molecule has 0 aliphatic carbocycles. The van der Waals surface area contributed by atoms with Crippen LogP contribution in [-0.2, 0) is 15.0 Å². The first-order valence-electron chi connectivity index (χ1n) is 5.91. The minimum Gasteiger partial charge on any atom is -0.369 e. The number of hydrogen-bond donors (Lipinski definition) is 1. The predicted molar refractivity (Wildman–Crippen MR) is 71.3 cm³/mol. The van der Waals surface area contributed by atoms with Crippen LogP contribution < -0.4 is 5.73 Å². The Kier molecular flexibility index (Phi) is 3.71. The lowest BCUT2D eigenvalue weighted by Crippen LogP contribution is -2.42. The van der Waals surface area contributed by atoms with Crippen molar-refractivity contribution < 1.29 is 9.59 Å². The molecule has 0 bridgehead atoms. The van der Waals surface area contributed by atoms with Gasteiger partial charge in [-0.3, -0.25) is 9.78 Å². The number of carbonyl (C=O) groups excluding carboxylic acids is 2. The summed E-state index contributed by atoms with van der Waals surface area (Å²) in [5.74, 6) is -0.557. The van der Waals surface area contributed by atoms with Gasteiger partial charge in [0.05, 0.1) is 0 Å². The minimum absolute atomic E-state index is 0.00194. The van der Waals surface area contributed by atoms with Gasteiger partial charge in [-0.15, -0.1) is 0 Å². The SMILES string of the molecule is NC(=O)C(CC=O)(c1ccccc1)c1cccnc1. The number of pyridine rings is 1. The van der Waals surface area contributed by atoms with Gasteiger partial charge < -0.3 is 10.5 Å². The van der Waals surface area contributed by atoms with Crippen LogP contribution in [-0.4, -0.2) is 17.2 Å². The first-order valence-corrected chi connectivity index (χ1v) is 5.91. The fourth-order valence-corrected chi connectivity index (χ4v) is 2.25. The van der Waals surface area contributed by atoms with E-state index in [9.17, 15) is 9.59 Å². The van der Waals surface area contributed by atoms with Crippen LogP contribution in [0.5, 0.6) is 0 Å². The van der Waals surface area contributed by atoms with Gasteiger partial charge in [0.1, 0.15) is 11.7 Å². The maximum atomic E-state index is 12.0. The van der Waals surface area contributed by atoms with Crippen LogP contribution in [0.3, 0.4) is 0 Å². The van der Waals surface area contributed by atoms with Crippen LogP contribution in [0, 0.1) is 0 Å². The van der Waals surface area contributed by atoms with Gasteiger partial charge in [0.25, 0.3) is 0 Å². The van der Waals surface area contributed by atoms with Crippen molar-refractivity contribution >= 4 is 12.2 Å². The third-order valence-electron chi connectivity index (χ3n) is 3.23. The second-order valence-electron chi connectivity index (χ2n) is 4.25. The van der Waals surface area contributed by atoms with Crippen molar-refractivity contribution in [2.75, 3.05) is 0 Å². The number of rotatable bonds is 5. The van der Waals surface area contributed by atoms with Gasteiger partial charge in [0.2, 0.25) is 5.91 Å². The summed E-state index contributed by atoms with van der Waals surface area (Å²) in [6.07, 6.45) is 3.89. The normalized spacial score (nSPS) is 13.5. The molecule has 1 atom stereocenters. The van der Waals surface area contributed by atoms with Gasteiger partial charge in [-0.05, 0) is 17.2 Å². The molecule has 0 aliphatic heterocycles. The third kappa shape index (κ3) is 2.25. The second-order valence-corrected chi connectivity index (χ2v) is 4.25. The van der Waals surface area contributed by atoms with Crippen LogP contribution in [0.25, 0.3) is 0 Å². The molecule has 2 rings (SSSR count). The molecular formula is C15H14N2O2. The number of aromatic nitrogens is 1. The summed E-state index contributed by atoms with van der Waals surface area (Å²) in [7, 11) is 0. The zero-order valence-electron chi connectivity index (χ0n) is 10.3. The Morgan fingerprint density at radius 1 is 1.16 bits per heavy atom. The largest absolute Gasteiger partial charge is 0.369 e. The van der Waals surface area contributed by atoms with Crippen LogP contribution in [0.15, 0.2) is 54.9 Å². The average molecular weight is 254 g/mol. The highest BCUT2D eigenvalue weighted by molar-refractivity contribution is 5.93. The smallest absolute Gasteiger partial charge is 0.233 e. The zero-order chi connectivity index (χ0) is 13.7. The molecule has 2 aromatic rings. The minimum atomic E-state index is -1.16. The number of nitrogens with zero attached hydrogens (tertiary/aromatic N) is 1. The zero-order valence-corrected chi connectivity index (χ0v) is 10.3. The van der Waals surface area contributed by atoms with E-state index in [2.05, 4.69) is 4.98 Å². The molecule has 1 aromatic carbocycles. The molecule has 0 fully saturated rings. The van der Waals surface area contributed by atoms with E-state index in [1.165, 1.54) is 0 Å². The maximum Gasteiger partial charge on any atom is 0.233 e. The van der Waals surface area contributed by atoms with E-state index >= 15 is 0 Å². The van der Waals surface area contributed by atoms with Crippen molar-refractivity contribution in [1.82, 2.24) is 4.98 Å². The molecule has 1 heterocycles. The summed E-state index contributed by atoms with van der Waals surface area (Å²) in [6.45, 7) is 0. The number of nitrogens with two attached hydrogens (primary N) is 1. The number of hydrogen-bond acceptors (Lipinski definition) is 3. The van der Waals surface area contributed by atoms with Gasteiger partial charge in [-0.25, -0.2) is 0 Å². The predicted octanol–water partition coefficient (Wildman–Crippen LogP) is 1.44. The van der Waals surface area contributed by atoms with E-state index in [1.807, 2.05) is 18.2 Å². The molecule has 1 amide bonds. The molecule has 96 valence electrons. The summed E-state index contributed by atoms with van der Waals surface area (Å²) < 4.78 is 0. The highest BCUT2D eigenvalue weighted by Gasteiger charge is 2.40. The highest BCUT2D eigenvalue weighted by atomic mass is 16.1. The van der Waals surface area contributed by atoms with Crippen molar-refractivity contribution in [1.29, 1.82) is 0 Å². The molecule has 19 heavy (non-hydrogen) atoms. The Labute approximate surface area is 111 Å². The lowest BCUT2D eigenvalue weighted by atomic mass is 9.72. The average Bonchev–Trinajstić information content (AvgIpc) is 2.46. The summed E-state index contributed by atoms with van der Waals surface area (Å²) in [6, 6.07) is 12.5. The fraction of sp³-hybridized carbons (Fsp3) is 0.133. The Hall–Kier alpha value is -2.49. The van der Waals surface area contributed by atoms with E-state index in [4.69, 9.17) is 5.73 Å². The lowest BCUT2D eigenvalue weighted by molar-refractivity contribution is -0.124. The standard InChI is InChI=1S/C15H14N2O2/c16-14(19)15(8-10-18,12-5-2-1-3-6-12)13-7-4-9-17-11-13/h1-7,9-11H,8H2,(H2,16,19). The number of primary amides is 1. The molecule has 2 N–H and O–H groups in total. The highest BCUT2D eigenvalue weighted by Crippen LogP contribution is 2.34. The van der Waals surface area contributed by atoms with Gasteiger partial charge >= 0.3 is 0 Å². The van der Waals surface area contributed by atoms with Gasteiger partial charge in [-0.1, -0.05) is 36.4 Å². The number of benzene rings is 1. The molecule has 0 saturated heterocycles. The van der Waals surface area contributed by atoms with E-state index in [1.54, 1.807) is 36.7 Å². The molecule has 0 spiro atoms. The second kappa shape index (κ2) is 5.44. The molecule has 0 saturated carbocycles. The number of amides is 1. The summed E-state index contributed by atoms with van der Waals surface area (Å²) in [5, 5.41) is 0. The Balaban J connectivity index is 2.68. The first-order chi connectivity index (χ1) is 9.21. The Bertz CT molecular complexity index is 528. The van der Waals surface area contributed by atoms with E-state index in [-0.39, 0.29) is 6.42 Å². The van der Waals surface area contributed by atoms with Gasteiger partial charge in [0.15, 0.2) is 0 Å². The maximum absolute atomic E-state index is 12.0. The molecule has 0 radical (unpaired) electrons. The summed E-state index contributed by atoms with van der Waals surface area (Å²) in [4.78, 5) is 27.1. The van der Waals surface area contributed by atoms with E-state index in [0.717, 1.165) is 0 Å². The van der Waals surface area contributed by atoms with Crippen molar-refractivity contribution in [3.8, 4) is 0 Å². The molecular weight excluding hydrogens is 240 g/mol. The Morgan fingerprint density at radius 3 is 2.37 bits per heavy atom. The molecule has 1 aromatic heterocycles. The van der Waals surface area contributed by atoms with E-state index in [0.29, 0.717) is 17.4 Å². The molecule has 0 aliphatic rings. The van der Waals surface area contributed by atoms with Crippen molar-refractivity contribution in [3.05, 3.63) is 66.0 Å². The third-order valence-corrected chi connectivity index (χ3v) is 3.23. The summed E-state index contributed by atoms with van der Waals surface area (Å²) >= 11 is 0. The summed E-state index contributed by atoms with van der Waals surface area (Å²) in [5.41, 5.74) is 5.76. The fourth-order valence-electron chi connectivity index (χ4n) is 2.25. The van der Waals surface area contributed by atoms with Gasteiger partial charge in [0, 0.05) is 18.8 Å². The van der Waals surface area contributed by atoms with Crippen molar-refractivity contribution in [2.24, 2.45) is 5.73 Å². The van der Waals surface area contributed by atoms with Crippen LogP contribution in [0.2, 0.25) is 0 Å². The van der Waals surface area contributed by atoms with Crippen LogP contribution in [0.4, 0.5) is 0 Å². The van der Waals surface area contributed by atoms with Crippen molar-refractivity contribution in [3.63, 3.8) is 0 Å². The molecule has 4 nitrogen and oxygen atoms in total. The van der Waals surface area contributed by atoms with Crippen molar-refractivity contribution in [2.45, 2.75) is 11.8 Å². The van der Waals surface area contributed by atoms with Gasteiger partial charge in [-0.2, -0.15) is 0 Å². The Morgan fingerprint density at radius 2 is 1.84 bits per heavy atom. The first kappa shape index (κ1) is 13.0. The molecule has 4 heteroatoms. The van der Waals surface area contributed by atoms with E-state index < -0.39 is 11.3 Å². The van der Waals surface area contributed by atoms with Crippen LogP contribution in [0.1, 0.15) is 17.5 Å². The topological polar surface area (TPSA) is 73.1 Å².